The van der Waals surface area contributed by atoms with Gasteiger partial charge in [0.1, 0.15) is 5.75 Å². The Hall–Kier alpha value is -3.85. The number of benzene rings is 3. The van der Waals surface area contributed by atoms with Crippen LogP contribution >= 0.6 is 0 Å². The smallest absolute Gasteiger partial charge is 0.279 e. The lowest BCUT2D eigenvalue weighted by Gasteiger charge is -2.15. The molecule has 0 bridgehead atoms. The number of nitrogens with zero attached hydrogens (tertiary/aromatic N) is 1. The van der Waals surface area contributed by atoms with Crippen molar-refractivity contribution in [1.82, 2.24) is 10.9 Å². The van der Waals surface area contributed by atoms with Crippen molar-refractivity contribution in [3.05, 3.63) is 77.9 Å². The maximum atomic E-state index is 12.2. The number of nitrogens with one attached hydrogen (secondary N) is 2. The minimum atomic E-state index is -0.799. The second-order valence-corrected chi connectivity index (χ2v) is 5.90. The first-order valence-electron chi connectivity index (χ1n) is 8.32. The monoisotopic (exact) mass is 359 g/mol. The summed E-state index contributed by atoms with van der Waals surface area (Å²) < 4.78 is 5.65. The zero-order valence-electron chi connectivity index (χ0n) is 14.6. The molecule has 0 saturated carbocycles. The number of carbonyl (C=O) groups excluding carboxylic acids is 2. The number of fused-ring (bicyclic) bond motifs is 1. The van der Waals surface area contributed by atoms with Crippen molar-refractivity contribution in [3.63, 3.8) is 0 Å². The van der Waals surface area contributed by atoms with Gasteiger partial charge in [-0.25, -0.2) is 0 Å². The van der Waals surface area contributed by atoms with E-state index in [0.29, 0.717) is 16.9 Å². The molecule has 0 saturated heterocycles. The number of ether oxygens (including phenoxy) is 1. The van der Waals surface area contributed by atoms with Crippen LogP contribution in [0.15, 0.2) is 66.7 Å². The van der Waals surface area contributed by atoms with Crippen molar-refractivity contribution in [2.75, 3.05) is 0 Å². The SMILES string of the molecule is CC(Oc1ccc2ccccc2c1)C(=O)NNC(=O)c1ccc(C#N)cc1. The van der Waals surface area contributed by atoms with E-state index in [9.17, 15) is 9.59 Å². The van der Waals surface area contributed by atoms with E-state index in [2.05, 4.69) is 10.9 Å². The van der Waals surface area contributed by atoms with Crippen molar-refractivity contribution >= 4 is 22.6 Å². The van der Waals surface area contributed by atoms with Crippen LogP contribution in [-0.4, -0.2) is 17.9 Å². The molecule has 6 heteroatoms. The summed E-state index contributed by atoms with van der Waals surface area (Å²) in [5, 5.41) is 10.9. The molecule has 0 fully saturated rings. The summed E-state index contributed by atoms with van der Waals surface area (Å²) >= 11 is 0. The minimum absolute atomic E-state index is 0.331. The van der Waals surface area contributed by atoms with Gasteiger partial charge in [0, 0.05) is 5.56 Å². The average Bonchev–Trinajstić information content (AvgIpc) is 2.71. The van der Waals surface area contributed by atoms with Gasteiger partial charge in [-0.05, 0) is 54.1 Å². The van der Waals surface area contributed by atoms with Crippen LogP contribution < -0.4 is 15.6 Å². The summed E-state index contributed by atoms with van der Waals surface area (Å²) in [5.74, 6) is -0.398. The predicted octanol–water partition coefficient (Wildman–Crippen LogP) is 2.94. The molecular formula is C21H17N3O3. The predicted molar refractivity (Wildman–Crippen MR) is 101 cm³/mol. The summed E-state index contributed by atoms with van der Waals surface area (Å²) in [6.07, 6.45) is -0.799. The van der Waals surface area contributed by atoms with Gasteiger partial charge in [-0.15, -0.1) is 0 Å². The topological polar surface area (TPSA) is 91.2 Å². The van der Waals surface area contributed by atoms with Crippen LogP contribution in [0.3, 0.4) is 0 Å². The fraction of sp³-hybridized carbons (Fsp3) is 0.0952. The maximum Gasteiger partial charge on any atom is 0.279 e. The molecule has 6 nitrogen and oxygen atoms in total. The Bertz CT molecular complexity index is 1020. The molecule has 0 aliphatic carbocycles. The lowest BCUT2D eigenvalue weighted by molar-refractivity contribution is -0.128. The fourth-order valence-corrected chi connectivity index (χ4v) is 2.49. The lowest BCUT2D eigenvalue weighted by atomic mass is 10.1. The molecule has 27 heavy (non-hydrogen) atoms. The summed E-state index contributed by atoms with van der Waals surface area (Å²) in [4.78, 5) is 24.2. The number of hydrogen-bond acceptors (Lipinski definition) is 4. The molecule has 2 N–H and O–H groups in total. The van der Waals surface area contributed by atoms with E-state index < -0.39 is 17.9 Å². The van der Waals surface area contributed by atoms with Crippen molar-refractivity contribution in [1.29, 1.82) is 5.26 Å². The minimum Gasteiger partial charge on any atom is -0.481 e. The number of hydrazine groups is 1. The number of rotatable bonds is 4. The molecule has 3 aromatic rings. The first-order chi connectivity index (χ1) is 13.1. The maximum absolute atomic E-state index is 12.2. The first-order valence-corrected chi connectivity index (χ1v) is 8.32. The van der Waals surface area contributed by atoms with Crippen molar-refractivity contribution in [3.8, 4) is 11.8 Å². The number of carbonyl (C=O) groups is 2. The van der Waals surface area contributed by atoms with Crippen LogP contribution in [0.1, 0.15) is 22.8 Å². The Kier molecular flexibility index (Phi) is 5.33. The molecule has 0 spiro atoms. The van der Waals surface area contributed by atoms with Crippen LogP contribution in [0.25, 0.3) is 10.8 Å². The quantitative estimate of drug-likeness (QED) is 0.701. The van der Waals surface area contributed by atoms with Crippen LogP contribution in [0, 0.1) is 11.3 Å². The molecular weight excluding hydrogens is 342 g/mol. The summed E-state index contributed by atoms with van der Waals surface area (Å²) in [6, 6.07) is 21.5. The molecule has 0 heterocycles. The first kappa shape index (κ1) is 18.0. The van der Waals surface area contributed by atoms with Crippen molar-refractivity contribution < 1.29 is 14.3 Å². The van der Waals surface area contributed by atoms with Crippen LogP contribution in [0.2, 0.25) is 0 Å². The number of nitriles is 1. The van der Waals surface area contributed by atoms with Crippen molar-refractivity contribution in [2.24, 2.45) is 0 Å². The summed E-state index contributed by atoms with van der Waals surface area (Å²) in [6.45, 7) is 1.60. The lowest BCUT2D eigenvalue weighted by Crippen LogP contribution is -2.47. The third-order valence-corrected chi connectivity index (χ3v) is 3.98. The Morgan fingerprint density at radius 2 is 1.67 bits per heavy atom. The summed E-state index contributed by atoms with van der Waals surface area (Å²) in [5.41, 5.74) is 5.45. The fourth-order valence-electron chi connectivity index (χ4n) is 2.49. The highest BCUT2D eigenvalue weighted by Gasteiger charge is 2.16. The Morgan fingerprint density at radius 3 is 2.37 bits per heavy atom. The van der Waals surface area contributed by atoms with Gasteiger partial charge in [0.2, 0.25) is 0 Å². The molecule has 0 aliphatic rings. The van der Waals surface area contributed by atoms with Gasteiger partial charge >= 0.3 is 0 Å². The second-order valence-electron chi connectivity index (χ2n) is 5.90. The Morgan fingerprint density at radius 1 is 0.963 bits per heavy atom. The van der Waals surface area contributed by atoms with Crippen molar-refractivity contribution in [2.45, 2.75) is 13.0 Å². The third-order valence-electron chi connectivity index (χ3n) is 3.98. The standard InChI is InChI=1S/C21H17N3O3/c1-14(27-19-11-10-16-4-2-3-5-18(16)12-19)20(25)23-24-21(26)17-8-6-15(13-22)7-9-17/h2-12,14H,1H3,(H,23,25)(H,24,26). The van der Waals surface area contributed by atoms with Crippen LogP contribution in [-0.2, 0) is 4.79 Å². The Labute approximate surface area is 156 Å². The van der Waals surface area contributed by atoms with Gasteiger partial charge in [0.05, 0.1) is 11.6 Å². The molecule has 134 valence electrons. The highest BCUT2D eigenvalue weighted by molar-refractivity contribution is 5.95. The van der Waals surface area contributed by atoms with Gasteiger partial charge < -0.3 is 4.74 Å². The van der Waals surface area contributed by atoms with E-state index in [1.165, 1.54) is 24.3 Å². The van der Waals surface area contributed by atoms with Gasteiger partial charge in [-0.3, -0.25) is 20.4 Å². The Balaban J connectivity index is 1.56. The van der Waals surface area contributed by atoms with Crippen LogP contribution in [0.4, 0.5) is 0 Å². The highest BCUT2D eigenvalue weighted by Crippen LogP contribution is 2.21. The van der Waals surface area contributed by atoms with E-state index in [0.717, 1.165) is 10.8 Å². The molecule has 1 unspecified atom stereocenters. The molecule has 0 radical (unpaired) electrons. The molecule has 0 aromatic heterocycles. The highest BCUT2D eigenvalue weighted by atomic mass is 16.5. The van der Waals surface area contributed by atoms with E-state index in [4.69, 9.17) is 10.00 Å². The number of amides is 2. The van der Waals surface area contributed by atoms with E-state index >= 15 is 0 Å². The van der Waals surface area contributed by atoms with Gasteiger partial charge in [0.15, 0.2) is 6.10 Å². The van der Waals surface area contributed by atoms with Gasteiger partial charge in [-0.1, -0.05) is 30.3 Å². The molecule has 1 atom stereocenters. The summed E-state index contributed by atoms with van der Waals surface area (Å²) in [7, 11) is 0. The zero-order valence-corrected chi connectivity index (χ0v) is 14.6. The van der Waals surface area contributed by atoms with E-state index in [-0.39, 0.29) is 0 Å². The molecule has 3 rings (SSSR count). The molecule has 0 aliphatic heterocycles. The van der Waals surface area contributed by atoms with E-state index in [1.54, 1.807) is 13.0 Å². The third kappa shape index (κ3) is 4.41. The molecule has 2 amide bonds. The molecule has 3 aromatic carbocycles. The van der Waals surface area contributed by atoms with Gasteiger partial charge in [-0.2, -0.15) is 5.26 Å². The average molecular weight is 359 g/mol. The number of hydrogen-bond donors (Lipinski definition) is 2. The van der Waals surface area contributed by atoms with Gasteiger partial charge in [0.25, 0.3) is 11.8 Å². The second kappa shape index (κ2) is 8.02. The zero-order chi connectivity index (χ0) is 19.2. The van der Waals surface area contributed by atoms with Crippen LogP contribution in [0.5, 0.6) is 5.75 Å². The largest absolute Gasteiger partial charge is 0.481 e. The normalized spacial score (nSPS) is 11.3. The van der Waals surface area contributed by atoms with E-state index in [1.807, 2.05) is 42.5 Å².